The molecule has 12 heavy (non-hydrogen) atoms. The minimum absolute atomic E-state index is 0.0972. The van der Waals surface area contributed by atoms with E-state index in [0.717, 1.165) is 25.8 Å². The van der Waals surface area contributed by atoms with Gasteiger partial charge in [-0.2, -0.15) is 0 Å². The second kappa shape index (κ2) is 2.73. The predicted molar refractivity (Wildman–Crippen MR) is 46.5 cm³/mol. The molecule has 3 nitrogen and oxygen atoms in total. The van der Waals surface area contributed by atoms with E-state index >= 15 is 0 Å². The van der Waals surface area contributed by atoms with Crippen LogP contribution in [-0.4, -0.2) is 18.0 Å². The SMILES string of the molecule is NC(=O)C1CCNC12CCCC2. The molecule has 2 aliphatic rings. The van der Waals surface area contributed by atoms with Crippen molar-refractivity contribution in [2.75, 3.05) is 6.54 Å². The molecule has 0 radical (unpaired) electrons. The Morgan fingerprint density at radius 2 is 2.08 bits per heavy atom. The van der Waals surface area contributed by atoms with E-state index in [1.807, 2.05) is 0 Å². The summed E-state index contributed by atoms with van der Waals surface area (Å²) in [4.78, 5) is 11.1. The van der Waals surface area contributed by atoms with E-state index in [0.29, 0.717) is 0 Å². The van der Waals surface area contributed by atoms with Crippen LogP contribution in [0, 0.1) is 5.92 Å². The van der Waals surface area contributed by atoms with Gasteiger partial charge in [-0.3, -0.25) is 4.79 Å². The van der Waals surface area contributed by atoms with Crippen molar-refractivity contribution in [3.8, 4) is 0 Å². The number of carbonyl (C=O) groups excluding carboxylic acids is 1. The van der Waals surface area contributed by atoms with Gasteiger partial charge in [-0.15, -0.1) is 0 Å². The largest absolute Gasteiger partial charge is 0.369 e. The highest BCUT2D eigenvalue weighted by molar-refractivity contribution is 5.78. The van der Waals surface area contributed by atoms with Crippen LogP contribution >= 0.6 is 0 Å². The summed E-state index contributed by atoms with van der Waals surface area (Å²) in [5.74, 6) is -0.0121. The van der Waals surface area contributed by atoms with E-state index in [1.165, 1.54) is 12.8 Å². The first-order valence-corrected chi connectivity index (χ1v) is 4.79. The molecule has 0 bridgehead atoms. The third-order valence-electron chi connectivity index (χ3n) is 3.42. The van der Waals surface area contributed by atoms with Crippen LogP contribution in [0.2, 0.25) is 0 Å². The Morgan fingerprint density at radius 3 is 2.67 bits per heavy atom. The van der Waals surface area contributed by atoms with Gasteiger partial charge >= 0.3 is 0 Å². The third kappa shape index (κ3) is 1.04. The van der Waals surface area contributed by atoms with Crippen molar-refractivity contribution in [1.29, 1.82) is 0 Å². The molecule has 1 spiro atoms. The zero-order valence-corrected chi connectivity index (χ0v) is 7.31. The Balaban J connectivity index is 2.17. The summed E-state index contributed by atoms with van der Waals surface area (Å²) in [6.07, 6.45) is 5.71. The predicted octanol–water partition coefficient (Wildman–Crippen LogP) is 0.394. The van der Waals surface area contributed by atoms with E-state index in [4.69, 9.17) is 5.73 Å². The molecular formula is C9H16N2O. The molecule has 0 aromatic rings. The zero-order valence-electron chi connectivity index (χ0n) is 7.31. The lowest BCUT2D eigenvalue weighted by molar-refractivity contribution is -0.123. The Morgan fingerprint density at radius 1 is 1.42 bits per heavy atom. The van der Waals surface area contributed by atoms with Crippen molar-refractivity contribution in [2.24, 2.45) is 11.7 Å². The van der Waals surface area contributed by atoms with Gasteiger partial charge in [-0.25, -0.2) is 0 Å². The molecule has 1 saturated heterocycles. The van der Waals surface area contributed by atoms with Gasteiger partial charge in [0.05, 0.1) is 5.92 Å². The van der Waals surface area contributed by atoms with Crippen LogP contribution in [0.3, 0.4) is 0 Å². The molecule has 2 fully saturated rings. The maximum Gasteiger partial charge on any atom is 0.222 e. The lowest BCUT2D eigenvalue weighted by Gasteiger charge is -2.28. The number of hydrogen-bond acceptors (Lipinski definition) is 2. The molecule has 1 saturated carbocycles. The van der Waals surface area contributed by atoms with E-state index in [9.17, 15) is 4.79 Å². The minimum atomic E-state index is -0.109. The number of carbonyl (C=O) groups is 1. The van der Waals surface area contributed by atoms with E-state index < -0.39 is 0 Å². The monoisotopic (exact) mass is 168 g/mol. The molecule has 0 aromatic carbocycles. The summed E-state index contributed by atoms with van der Waals surface area (Å²) in [5, 5.41) is 3.46. The van der Waals surface area contributed by atoms with E-state index in [-0.39, 0.29) is 17.4 Å². The summed E-state index contributed by atoms with van der Waals surface area (Å²) < 4.78 is 0. The van der Waals surface area contributed by atoms with Gasteiger partial charge < -0.3 is 11.1 Å². The molecule has 1 aliphatic carbocycles. The van der Waals surface area contributed by atoms with Crippen LogP contribution in [0.15, 0.2) is 0 Å². The Kier molecular flexibility index (Phi) is 1.83. The van der Waals surface area contributed by atoms with Gasteiger partial charge in [0.25, 0.3) is 0 Å². The normalized spacial score (nSPS) is 32.8. The van der Waals surface area contributed by atoms with Crippen LogP contribution in [0.25, 0.3) is 0 Å². The van der Waals surface area contributed by atoms with Gasteiger partial charge in [0.1, 0.15) is 0 Å². The minimum Gasteiger partial charge on any atom is -0.369 e. The highest BCUT2D eigenvalue weighted by Gasteiger charge is 2.46. The summed E-state index contributed by atoms with van der Waals surface area (Å²) in [5.41, 5.74) is 5.48. The molecule has 3 heteroatoms. The lowest BCUT2D eigenvalue weighted by atomic mass is 9.83. The number of nitrogens with two attached hydrogens (primary N) is 1. The smallest absolute Gasteiger partial charge is 0.222 e. The first-order chi connectivity index (χ1) is 5.75. The summed E-state index contributed by atoms with van der Waals surface area (Å²) in [6.45, 7) is 0.966. The maximum absolute atomic E-state index is 11.1. The van der Waals surface area contributed by atoms with Crippen LogP contribution in [0.5, 0.6) is 0 Å². The first kappa shape index (κ1) is 8.05. The van der Waals surface area contributed by atoms with Gasteiger partial charge in [-0.1, -0.05) is 12.8 Å². The molecule has 2 rings (SSSR count). The van der Waals surface area contributed by atoms with Crippen molar-refractivity contribution in [3.63, 3.8) is 0 Å². The molecule has 1 heterocycles. The van der Waals surface area contributed by atoms with E-state index in [2.05, 4.69) is 5.32 Å². The summed E-state index contributed by atoms with van der Waals surface area (Å²) in [6, 6.07) is 0. The van der Waals surface area contributed by atoms with Gasteiger partial charge in [0.15, 0.2) is 0 Å². The van der Waals surface area contributed by atoms with Crippen LogP contribution < -0.4 is 11.1 Å². The quantitative estimate of drug-likeness (QED) is 0.595. The van der Waals surface area contributed by atoms with Crippen molar-refractivity contribution < 1.29 is 4.79 Å². The third-order valence-corrected chi connectivity index (χ3v) is 3.42. The fourth-order valence-electron chi connectivity index (χ4n) is 2.81. The molecule has 1 atom stereocenters. The van der Waals surface area contributed by atoms with Crippen molar-refractivity contribution in [2.45, 2.75) is 37.6 Å². The molecule has 68 valence electrons. The van der Waals surface area contributed by atoms with E-state index in [1.54, 1.807) is 0 Å². The second-order valence-electron chi connectivity index (χ2n) is 4.03. The number of hydrogen-bond donors (Lipinski definition) is 2. The molecule has 1 aliphatic heterocycles. The van der Waals surface area contributed by atoms with Gasteiger partial charge in [-0.05, 0) is 25.8 Å². The van der Waals surface area contributed by atoms with Crippen molar-refractivity contribution in [3.05, 3.63) is 0 Å². The highest BCUT2D eigenvalue weighted by atomic mass is 16.1. The highest BCUT2D eigenvalue weighted by Crippen LogP contribution is 2.40. The molecule has 0 aromatic heterocycles. The van der Waals surface area contributed by atoms with Crippen LogP contribution in [0.4, 0.5) is 0 Å². The summed E-state index contributed by atoms with van der Waals surface area (Å²) in [7, 11) is 0. The molecule has 3 N–H and O–H groups in total. The standard InChI is InChI=1S/C9H16N2O/c10-8(12)7-3-6-11-9(7)4-1-2-5-9/h7,11H,1-6H2,(H2,10,12). The molecular weight excluding hydrogens is 152 g/mol. The number of primary amides is 1. The maximum atomic E-state index is 11.1. The second-order valence-corrected chi connectivity index (χ2v) is 4.03. The Hall–Kier alpha value is -0.570. The number of rotatable bonds is 1. The Labute approximate surface area is 72.7 Å². The van der Waals surface area contributed by atoms with Crippen LogP contribution in [0.1, 0.15) is 32.1 Å². The average molecular weight is 168 g/mol. The Bertz CT molecular complexity index is 191. The fraction of sp³-hybridized carbons (Fsp3) is 0.889. The summed E-state index contributed by atoms with van der Waals surface area (Å²) >= 11 is 0. The van der Waals surface area contributed by atoms with Crippen molar-refractivity contribution in [1.82, 2.24) is 5.32 Å². The molecule has 1 unspecified atom stereocenters. The average Bonchev–Trinajstić information content (AvgIpc) is 2.61. The van der Waals surface area contributed by atoms with Gasteiger partial charge in [0, 0.05) is 5.54 Å². The molecule has 1 amide bonds. The zero-order chi connectivity index (χ0) is 8.60. The van der Waals surface area contributed by atoms with Gasteiger partial charge in [0.2, 0.25) is 5.91 Å². The first-order valence-electron chi connectivity index (χ1n) is 4.79. The number of nitrogens with one attached hydrogen (secondary N) is 1. The van der Waals surface area contributed by atoms with Crippen LogP contribution in [-0.2, 0) is 4.79 Å². The lowest BCUT2D eigenvalue weighted by Crippen LogP contribution is -2.46. The fourth-order valence-corrected chi connectivity index (χ4v) is 2.81. The topological polar surface area (TPSA) is 55.1 Å². The number of amides is 1. The van der Waals surface area contributed by atoms with Crippen molar-refractivity contribution >= 4 is 5.91 Å².